The molecule has 116 valence electrons. The number of fused-ring (bicyclic) bond motifs is 8. The van der Waals surface area contributed by atoms with E-state index in [9.17, 15) is 10.2 Å². The van der Waals surface area contributed by atoms with Crippen LogP contribution in [0.5, 0.6) is 0 Å². The first kappa shape index (κ1) is 13.5. The first-order chi connectivity index (χ1) is 11.2. The highest BCUT2D eigenvalue weighted by Gasteiger charge is 2.65. The van der Waals surface area contributed by atoms with Gasteiger partial charge in [0.05, 0.1) is 0 Å². The van der Waals surface area contributed by atoms with Crippen molar-refractivity contribution < 1.29 is 10.2 Å². The summed E-state index contributed by atoms with van der Waals surface area (Å²) in [5, 5.41) is 23.4. The lowest BCUT2D eigenvalue weighted by atomic mass is 9.63. The van der Waals surface area contributed by atoms with Crippen molar-refractivity contribution in [2.24, 2.45) is 10.9 Å². The second-order valence-electron chi connectivity index (χ2n) is 6.93. The van der Waals surface area contributed by atoms with Crippen molar-refractivity contribution in [2.75, 3.05) is 0 Å². The Morgan fingerprint density at radius 3 is 2.30 bits per heavy atom. The van der Waals surface area contributed by atoms with E-state index < -0.39 is 11.3 Å². The Morgan fingerprint density at radius 2 is 1.52 bits per heavy atom. The van der Waals surface area contributed by atoms with Crippen LogP contribution in [0, 0.1) is 5.92 Å². The van der Waals surface area contributed by atoms with Gasteiger partial charge in [0.15, 0.2) is 5.60 Å². The molecule has 2 aliphatic carbocycles. The molecule has 3 heteroatoms. The van der Waals surface area contributed by atoms with Crippen molar-refractivity contribution in [3.8, 4) is 11.1 Å². The van der Waals surface area contributed by atoms with E-state index in [-0.39, 0.29) is 5.92 Å². The average molecular weight is 305 g/mol. The standard InChI is InChI=1S/C20H19NO2/c22-19-15-9-3-1-7-13(15)14-8-2-4-10-16(14)20(19,23)21-18-12-6-5-11-17(18)19/h1-4,7-10,17,22-23H,5-6,11-12H2/t17-,19-,20-/m0/s1. The molecule has 1 heterocycles. The normalized spacial score (nSPS) is 34.0. The molecule has 3 nitrogen and oxygen atoms in total. The lowest BCUT2D eigenvalue weighted by Gasteiger charge is -2.46. The van der Waals surface area contributed by atoms with Gasteiger partial charge < -0.3 is 10.2 Å². The predicted molar refractivity (Wildman–Crippen MR) is 89.1 cm³/mol. The maximum absolute atomic E-state index is 11.8. The van der Waals surface area contributed by atoms with Crippen molar-refractivity contribution in [3.05, 3.63) is 59.7 Å². The zero-order valence-corrected chi connectivity index (χ0v) is 12.9. The number of aliphatic imine (C=N–C) groups is 1. The maximum Gasteiger partial charge on any atom is 0.216 e. The Bertz CT molecular complexity index is 843. The molecule has 5 rings (SSSR count). The molecule has 3 atom stereocenters. The number of hydrogen-bond donors (Lipinski definition) is 2. The molecule has 3 aliphatic rings. The van der Waals surface area contributed by atoms with E-state index in [0.29, 0.717) is 0 Å². The van der Waals surface area contributed by atoms with E-state index in [1.54, 1.807) is 0 Å². The summed E-state index contributed by atoms with van der Waals surface area (Å²) in [4.78, 5) is 4.70. The molecule has 0 spiro atoms. The van der Waals surface area contributed by atoms with Gasteiger partial charge in [0.1, 0.15) is 0 Å². The van der Waals surface area contributed by atoms with E-state index in [1.807, 2.05) is 48.5 Å². The highest BCUT2D eigenvalue weighted by atomic mass is 16.4. The summed E-state index contributed by atoms with van der Waals surface area (Å²) in [6, 6.07) is 15.7. The summed E-state index contributed by atoms with van der Waals surface area (Å²) in [6.07, 6.45) is 3.92. The van der Waals surface area contributed by atoms with Gasteiger partial charge in [0.25, 0.3) is 0 Å². The van der Waals surface area contributed by atoms with Gasteiger partial charge in [-0.1, -0.05) is 55.0 Å². The van der Waals surface area contributed by atoms with Crippen molar-refractivity contribution in [1.29, 1.82) is 0 Å². The third-order valence-corrected chi connectivity index (χ3v) is 5.85. The van der Waals surface area contributed by atoms with E-state index in [4.69, 9.17) is 4.99 Å². The third kappa shape index (κ3) is 1.45. The second kappa shape index (κ2) is 4.31. The molecule has 1 aliphatic heterocycles. The van der Waals surface area contributed by atoms with Crippen LogP contribution in [-0.4, -0.2) is 15.9 Å². The fourth-order valence-electron chi connectivity index (χ4n) is 4.83. The number of nitrogens with zero attached hydrogens (tertiary/aromatic N) is 1. The van der Waals surface area contributed by atoms with Crippen LogP contribution in [0.4, 0.5) is 0 Å². The van der Waals surface area contributed by atoms with Crippen LogP contribution in [0.15, 0.2) is 53.5 Å². The van der Waals surface area contributed by atoms with Crippen LogP contribution in [0.2, 0.25) is 0 Å². The Hall–Kier alpha value is -1.97. The number of aliphatic hydroxyl groups is 2. The summed E-state index contributed by atoms with van der Waals surface area (Å²) in [7, 11) is 0. The van der Waals surface area contributed by atoms with Gasteiger partial charge in [-0.25, -0.2) is 0 Å². The average Bonchev–Trinajstić information content (AvgIpc) is 2.85. The minimum atomic E-state index is -1.57. The molecule has 0 radical (unpaired) electrons. The fraction of sp³-hybridized carbons (Fsp3) is 0.350. The monoisotopic (exact) mass is 305 g/mol. The van der Waals surface area contributed by atoms with Crippen molar-refractivity contribution >= 4 is 5.71 Å². The molecule has 0 saturated heterocycles. The van der Waals surface area contributed by atoms with Gasteiger partial charge in [-0.05, 0) is 36.0 Å². The van der Waals surface area contributed by atoms with Crippen LogP contribution in [0.1, 0.15) is 36.8 Å². The maximum atomic E-state index is 11.8. The van der Waals surface area contributed by atoms with E-state index in [2.05, 4.69) is 0 Å². The number of hydrogen-bond acceptors (Lipinski definition) is 3. The van der Waals surface area contributed by atoms with Crippen LogP contribution in [0.3, 0.4) is 0 Å². The summed E-state index contributed by atoms with van der Waals surface area (Å²) in [5.74, 6) is -0.0873. The first-order valence-electron chi connectivity index (χ1n) is 8.39. The largest absolute Gasteiger partial charge is 0.379 e. The topological polar surface area (TPSA) is 52.8 Å². The summed E-state index contributed by atoms with van der Waals surface area (Å²) < 4.78 is 0. The second-order valence-corrected chi connectivity index (χ2v) is 6.93. The van der Waals surface area contributed by atoms with Gasteiger partial charge >= 0.3 is 0 Å². The highest BCUT2D eigenvalue weighted by molar-refractivity contribution is 5.94. The Morgan fingerprint density at radius 1 is 0.870 bits per heavy atom. The van der Waals surface area contributed by atoms with Gasteiger partial charge in [0, 0.05) is 17.2 Å². The van der Waals surface area contributed by atoms with E-state index in [1.165, 1.54) is 0 Å². The van der Waals surface area contributed by atoms with Gasteiger partial charge in [-0.15, -0.1) is 0 Å². The molecule has 2 aromatic rings. The highest BCUT2D eigenvalue weighted by Crippen LogP contribution is 2.60. The van der Waals surface area contributed by atoms with Crippen LogP contribution in [0.25, 0.3) is 11.1 Å². The minimum absolute atomic E-state index is 0.0873. The minimum Gasteiger partial charge on any atom is -0.379 e. The number of benzene rings is 2. The molecule has 23 heavy (non-hydrogen) atoms. The van der Waals surface area contributed by atoms with Crippen LogP contribution < -0.4 is 0 Å². The quantitative estimate of drug-likeness (QED) is 0.784. The molecule has 2 aromatic carbocycles. The van der Waals surface area contributed by atoms with E-state index in [0.717, 1.165) is 53.6 Å². The molecule has 0 bridgehead atoms. The van der Waals surface area contributed by atoms with Gasteiger partial charge in [-0.2, -0.15) is 0 Å². The summed E-state index contributed by atoms with van der Waals surface area (Å²) in [5.41, 5.74) is 1.58. The molecule has 1 saturated carbocycles. The summed E-state index contributed by atoms with van der Waals surface area (Å²) in [6.45, 7) is 0. The Kier molecular flexibility index (Phi) is 2.52. The Labute approximate surface area is 135 Å². The Balaban J connectivity index is 1.89. The number of rotatable bonds is 0. The van der Waals surface area contributed by atoms with Gasteiger partial charge in [0.2, 0.25) is 5.72 Å². The van der Waals surface area contributed by atoms with Crippen molar-refractivity contribution in [2.45, 2.75) is 37.0 Å². The molecule has 1 fully saturated rings. The predicted octanol–water partition coefficient (Wildman–Crippen LogP) is 3.34. The smallest absolute Gasteiger partial charge is 0.216 e. The fourth-order valence-corrected chi connectivity index (χ4v) is 4.83. The van der Waals surface area contributed by atoms with Gasteiger partial charge in [-0.3, -0.25) is 4.99 Å². The van der Waals surface area contributed by atoms with E-state index >= 15 is 0 Å². The van der Waals surface area contributed by atoms with Crippen molar-refractivity contribution in [3.63, 3.8) is 0 Å². The first-order valence-corrected chi connectivity index (χ1v) is 8.39. The van der Waals surface area contributed by atoms with Crippen LogP contribution >= 0.6 is 0 Å². The third-order valence-electron chi connectivity index (χ3n) is 5.85. The molecular weight excluding hydrogens is 286 g/mol. The lowest BCUT2D eigenvalue weighted by Crippen LogP contribution is -2.52. The molecule has 0 aromatic heterocycles. The zero-order chi connectivity index (χ0) is 15.7. The molecule has 2 N–H and O–H groups in total. The zero-order valence-electron chi connectivity index (χ0n) is 12.9. The lowest BCUT2D eigenvalue weighted by molar-refractivity contribution is -0.169. The SMILES string of the molecule is O[C@]12N=C3CCCC[C@@H]3[C@@]1(O)c1ccccc1-c1ccccc12. The molecule has 0 amide bonds. The van der Waals surface area contributed by atoms with Crippen molar-refractivity contribution in [1.82, 2.24) is 0 Å². The van der Waals surface area contributed by atoms with Crippen LogP contribution in [-0.2, 0) is 11.3 Å². The molecular formula is C20H19NO2. The molecule has 0 unspecified atom stereocenters. The summed E-state index contributed by atoms with van der Waals surface area (Å²) >= 11 is 0.